The monoisotopic (exact) mass is 359 g/mol. The number of thiazole rings is 2. The van der Waals surface area contributed by atoms with Crippen LogP contribution in [-0.4, -0.2) is 15.9 Å². The van der Waals surface area contributed by atoms with Gasteiger partial charge in [0.25, 0.3) is 5.91 Å². The number of thiophene rings is 1. The Kier molecular flexibility index (Phi) is 3.78. The summed E-state index contributed by atoms with van der Waals surface area (Å²) in [4.78, 5) is 22.1. The van der Waals surface area contributed by atoms with Crippen LogP contribution in [0.2, 0.25) is 0 Å². The maximum atomic E-state index is 12.3. The molecule has 5 nitrogen and oxygen atoms in total. The lowest BCUT2D eigenvalue weighted by Gasteiger charge is -1.97. The van der Waals surface area contributed by atoms with Gasteiger partial charge in [-0.15, -0.1) is 34.0 Å². The van der Waals surface area contributed by atoms with Crippen LogP contribution >= 0.6 is 34.0 Å². The fourth-order valence-corrected chi connectivity index (χ4v) is 4.15. The molecule has 1 N–H and O–H groups in total. The number of anilines is 1. The van der Waals surface area contributed by atoms with Crippen molar-refractivity contribution in [2.75, 3.05) is 5.32 Å². The van der Waals surface area contributed by atoms with Crippen molar-refractivity contribution in [3.05, 3.63) is 52.4 Å². The summed E-state index contributed by atoms with van der Waals surface area (Å²) in [7, 11) is 0. The third-order valence-corrected chi connectivity index (χ3v) is 5.47. The first kappa shape index (κ1) is 14.3. The zero-order valence-corrected chi connectivity index (χ0v) is 14.0. The second-order valence-electron chi connectivity index (χ2n) is 4.48. The van der Waals surface area contributed by atoms with Crippen LogP contribution in [-0.2, 0) is 0 Å². The molecule has 23 heavy (non-hydrogen) atoms. The first-order valence-corrected chi connectivity index (χ1v) is 9.23. The van der Waals surface area contributed by atoms with E-state index in [1.165, 1.54) is 22.7 Å². The van der Waals surface area contributed by atoms with E-state index in [0.717, 1.165) is 10.6 Å². The molecular formula is C15H9N3O2S3. The van der Waals surface area contributed by atoms with Crippen LogP contribution in [0.15, 0.2) is 51.1 Å². The van der Waals surface area contributed by atoms with Crippen molar-refractivity contribution in [2.24, 2.45) is 0 Å². The Morgan fingerprint density at radius 1 is 1.09 bits per heavy atom. The minimum Gasteiger partial charge on any atom is -0.462 e. The van der Waals surface area contributed by atoms with E-state index in [2.05, 4.69) is 15.3 Å². The van der Waals surface area contributed by atoms with Gasteiger partial charge in [-0.25, -0.2) is 9.97 Å². The van der Waals surface area contributed by atoms with Crippen molar-refractivity contribution in [3.63, 3.8) is 0 Å². The highest BCUT2D eigenvalue weighted by molar-refractivity contribution is 7.16. The minimum absolute atomic E-state index is 0.272. The first-order valence-electron chi connectivity index (χ1n) is 6.60. The van der Waals surface area contributed by atoms with E-state index in [1.54, 1.807) is 29.0 Å². The van der Waals surface area contributed by atoms with Crippen molar-refractivity contribution in [3.8, 4) is 21.3 Å². The highest BCUT2D eigenvalue weighted by Crippen LogP contribution is 2.29. The summed E-state index contributed by atoms with van der Waals surface area (Å²) in [6.45, 7) is 0. The predicted molar refractivity (Wildman–Crippen MR) is 93.2 cm³/mol. The molecule has 0 aromatic carbocycles. The van der Waals surface area contributed by atoms with E-state index in [4.69, 9.17) is 4.42 Å². The molecule has 4 aromatic rings. The van der Waals surface area contributed by atoms with Crippen LogP contribution < -0.4 is 5.32 Å². The molecule has 0 aliphatic carbocycles. The van der Waals surface area contributed by atoms with Gasteiger partial charge in [0, 0.05) is 10.8 Å². The maximum absolute atomic E-state index is 12.3. The van der Waals surface area contributed by atoms with Crippen LogP contribution in [0.25, 0.3) is 21.3 Å². The zero-order chi connectivity index (χ0) is 15.6. The van der Waals surface area contributed by atoms with Gasteiger partial charge in [0.05, 0.1) is 16.8 Å². The highest BCUT2D eigenvalue weighted by Gasteiger charge is 2.15. The molecule has 114 valence electrons. The summed E-state index contributed by atoms with van der Waals surface area (Å²) < 4.78 is 5.28. The molecule has 0 saturated heterocycles. The Morgan fingerprint density at radius 3 is 2.83 bits per heavy atom. The molecule has 0 radical (unpaired) electrons. The summed E-state index contributed by atoms with van der Waals surface area (Å²) in [5, 5.41) is 9.66. The number of hydrogen-bond donors (Lipinski definition) is 1. The number of aromatic nitrogens is 2. The fourth-order valence-electron chi connectivity index (χ4n) is 1.92. The third kappa shape index (κ3) is 2.96. The Balaban J connectivity index is 1.50. The van der Waals surface area contributed by atoms with Crippen LogP contribution in [0.3, 0.4) is 0 Å². The largest absolute Gasteiger partial charge is 0.462 e. The smallest absolute Gasteiger partial charge is 0.276 e. The molecule has 4 heterocycles. The molecule has 0 fully saturated rings. The number of carbonyl (C=O) groups is 1. The normalized spacial score (nSPS) is 10.8. The molecule has 0 unspecified atom stereocenters. The summed E-state index contributed by atoms with van der Waals surface area (Å²) in [5.41, 5.74) is 1.23. The molecular weight excluding hydrogens is 350 g/mol. The molecule has 4 aromatic heterocycles. The second-order valence-corrected chi connectivity index (χ2v) is 7.15. The van der Waals surface area contributed by atoms with Gasteiger partial charge in [0.1, 0.15) is 5.69 Å². The molecule has 0 bridgehead atoms. The maximum Gasteiger partial charge on any atom is 0.276 e. The lowest BCUT2D eigenvalue weighted by Crippen LogP contribution is -2.12. The van der Waals surface area contributed by atoms with Gasteiger partial charge in [0.15, 0.2) is 15.9 Å². The molecule has 0 saturated carbocycles. The molecule has 1 amide bonds. The number of furan rings is 1. The lowest BCUT2D eigenvalue weighted by molar-refractivity contribution is 0.102. The quantitative estimate of drug-likeness (QED) is 0.566. The first-order chi connectivity index (χ1) is 11.3. The van der Waals surface area contributed by atoms with Crippen molar-refractivity contribution in [2.45, 2.75) is 0 Å². The standard InChI is InChI=1S/C15H9N3O2S3/c19-13(10-8-22-14(16-10)11-3-1-5-20-11)18-15-17-9(7-23-15)12-4-2-6-21-12/h1-8H,(H,17,18,19). The van der Waals surface area contributed by atoms with Crippen molar-refractivity contribution >= 4 is 45.0 Å². The Labute approximate surface area is 143 Å². The van der Waals surface area contributed by atoms with E-state index in [1.807, 2.05) is 29.0 Å². The van der Waals surface area contributed by atoms with Gasteiger partial charge < -0.3 is 4.42 Å². The molecule has 0 atom stereocenters. The molecule has 0 spiro atoms. The molecule has 4 rings (SSSR count). The molecule has 8 heteroatoms. The highest BCUT2D eigenvalue weighted by atomic mass is 32.1. The van der Waals surface area contributed by atoms with Gasteiger partial charge in [-0.2, -0.15) is 0 Å². The number of nitrogens with zero attached hydrogens (tertiary/aromatic N) is 2. The van der Waals surface area contributed by atoms with Crippen LogP contribution in [0.4, 0.5) is 5.13 Å². The van der Waals surface area contributed by atoms with Gasteiger partial charge in [-0.3, -0.25) is 10.1 Å². The van der Waals surface area contributed by atoms with E-state index >= 15 is 0 Å². The number of amides is 1. The van der Waals surface area contributed by atoms with Crippen molar-refractivity contribution < 1.29 is 9.21 Å². The van der Waals surface area contributed by atoms with Crippen LogP contribution in [0.5, 0.6) is 0 Å². The average Bonchev–Trinajstić information content (AvgIpc) is 3.30. The van der Waals surface area contributed by atoms with Crippen molar-refractivity contribution in [1.29, 1.82) is 0 Å². The summed E-state index contributed by atoms with van der Waals surface area (Å²) in [6, 6.07) is 7.58. The second kappa shape index (κ2) is 6.07. The number of hydrogen-bond acceptors (Lipinski definition) is 7. The van der Waals surface area contributed by atoms with E-state index in [9.17, 15) is 4.79 Å². The number of nitrogens with one attached hydrogen (secondary N) is 1. The Morgan fingerprint density at radius 2 is 2.04 bits per heavy atom. The van der Waals surface area contributed by atoms with E-state index < -0.39 is 0 Å². The molecule has 0 aliphatic rings. The lowest BCUT2D eigenvalue weighted by atomic mass is 10.4. The van der Waals surface area contributed by atoms with E-state index in [0.29, 0.717) is 21.6 Å². The Hall–Kier alpha value is -2.29. The van der Waals surface area contributed by atoms with Crippen LogP contribution in [0.1, 0.15) is 10.5 Å². The van der Waals surface area contributed by atoms with Gasteiger partial charge >= 0.3 is 0 Å². The van der Waals surface area contributed by atoms with Gasteiger partial charge in [0.2, 0.25) is 0 Å². The zero-order valence-electron chi connectivity index (χ0n) is 11.6. The average molecular weight is 359 g/mol. The topological polar surface area (TPSA) is 68.0 Å². The van der Waals surface area contributed by atoms with Crippen molar-refractivity contribution in [1.82, 2.24) is 9.97 Å². The fraction of sp³-hybridized carbons (Fsp3) is 0. The third-order valence-electron chi connectivity index (χ3n) is 2.97. The van der Waals surface area contributed by atoms with Gasteiger partial charge in [-0.05, 0) is 23.6 Å². The summed E-state index contributed by atoms with van der Waals surface area (Å²) >= 11 is 4.38. The minimum atomic E-state index is -0.272. The van der Waals surface area contributed by atoms with Crippen LogP contribution in [0, 0.1) is 0 Å². The van der Waals surface area contributed by atoms with Gasteiger partial charge in [-0.1, -0.05) is 6.07 Å². The van der Waals surface area contributed by atoms with E-state index in [-0.39, 0.29) is 5.91 Å². The number of rotatable bonds is 4. The predicted octanol–water partition coefficient (Wildman–Crippen LogP) is 4.84. The summed E-state index contributed by atoms with van der Waals surface area (Å²) in [6.07, 6.45) is 1.58. The SMILES string of the molecule is O=C(Nc1nc(-c2cccs2)cs1)c1csc(-c2ccco2)n1. The summed E-state index contributed by atoms with van der Waals surface area (Å²) in [5.74, 6) is 0.384. The Bertz CT molecular complexity index is 923. The number of carbonyl (C=O) groups excluding carboxylic acids is 1. The molecule has 0 aliphatic heterocycles.